The molecule has 0 saturated heterocycles. The second kappa shape index (κ2) is 9.10. The number of hydrogen-bond donors (Lipinski definition) is 1. The number of nitrogens with one attached hydrogen (secondary N) is 1. The van der Waals surface area contributed by atoms with Crippen LogP contribution in [0.2, 0.25) is 0 Å². The van der Waals surface area contributed by atoms with Crippen LogP contribution < -0.4 is 10.1 Å². The second-order valence-electron chi connectivity index (χ2n) is 3.78. The van der Waals surface area contributed by atoms with Gasteiger partial charge in [0.25, 0.3) is 5.91 Å². The van der Waals surface area contributed by atoms with Crippen LogP contribution in [-0.2, 0) is 4.79 Å². The Morgan fingerprint density at radius 1 is 1.38 bits per heavy atom. The van der Waals surface area contributed by atoms with E-state index in [1.165, 1.54) is 16.2 Å². The summed E-state index contributed by atoms with van der Waals surface area (Å²) in [4.78, 5) is 16.7. The molecule has 2 rings (SSSR count). The van der Waals surface area contributed by atoms with Crippen molar-refractivity contribution >= 4 is 38.7 Å². The van der Waals surface area contributed by atoms with Crippen LogP contribution in [0.1, 0.15) is 0 Å². The lowest BCUT2D eigenvalue weighted by Crippen LogP contribution is -2.19. The average Bonchev–Trinajstić information content (AvgIpc) is 3.00. The molecule has 1 amide bonds. The van der Waals surface area contributed by atoms with Gasteiger partial charge >= 0.3 is 0 Å². The molecule has 1 N–H and O–H groups in total. The van der Waals surface area contributed by atoms with Gasteiger partial charge in [0.05, 0.1) is 0 Å². The van der Waals surface area contributed by atoms with E-state index in [4.69, 9.17) is 4.74 Å². The lowest BCUT2D eigenvalue weighted by Gasteiger charge is -2.07. The zero-order valence-corrected chi connectivity index (χ0v) is 13.5. The fourth-order valence-electron chi connectivity index (χ4n) is 1.36. The van der Waals surface area contributed by atoms with Crippen molar-refractivity contribution in [3.8, 4) is 5.75 Å². The second-order valence-corrected chi connectivity index (χ2v) is 6.42. The molecule has 0 bridgehead atoms. The van der Waals surface area contributed by atoms with Crippen molar-refractivity contribution in [1.29, 1.82) is 0 Å². The van der Waals surface area contributed by atoms with E-state index in [9.17, 15) is 4.79 Å². The van der Waals surface area contributed by atoms with E-state index < -0.39 is 0 Å². The van der Waals surface area contributed by atoms with Gasteiger partial charge in [0.15, 0.2) is 11.7 Å². The number of anilines is 1. The van der Waals surface area contributed by atoms with E-state index in [1.54, 1.807) is 11.6 Å². The van der Waals surface area contributed by atoms with Gasteiger partial charge in [0, 0.05) is 16.5 Å². The number of benzene rings is 1. The lowest BCUT2D eigenvalue weighted by atomic mass is 10.3. The van der Waals surface area contributed by atoms with Crippen molar-refractivity contribution in [2.24, 2.45) is 0 Å². The molecule has 0 aliphatic heterocycles. The van der Waals surface area contributed by atoms with Crippen molar-refractivity contribution < 1.29 is 9.53 Å². The van der Waals surface area contributed by atoms with Gasteiger partial charge in [-0.3, -0.25) is 10.1 Å². The van der Waals surface area contributed by atoms with Gasteiger partial charge in [-0.2, -0.15) is 10.5 Å². The van der Waals surface area contributed by atoms with Crippen LogP contribution in [0, 0.1) is 0 Å². The van der Waals surface area contributed by atoms with Gasteiger partial charge in [-0.05, 0) is 30.5 Å². The smallest absolute Gasteiger partial charge is 0.264 e. The number of amides is 1. The molecule has 0 aliphatic rings. The zero-order chi connectivity index (χ0) is 15.7. The Hall–Kier alpha value is -1.92. The highest BCUT2D eigenvalue weighted by Crippen LogP contribution is 2.23. The van der Waals surface area contributed by atoms with E-state index in [1.807, 2.05) is 24.3 Å². The monoisotopic (exact) mass is 322 g/mol. The van der Waals surface area contributed by atoms with Crippen molar-refractivity contribution in [2.75, 3.05) is 18.2 Å². The molecule has 0 spiro atoms. The molecule has 0 aliphatic carbocycles. The molecule has 0 saturated carbocycles. The van der Waals surface area contributed by atoms with Crippen molar-refractivity contribution in [3.63, 3.8) is 0 Å². The minimum atomic E-state index is -0.216. The first kappa shape index (κ1) is 17.1. The number of nitrogens with zero attached hydrogens (tertiary/aromatic N) is 1. The fourth-order valence-corrected chi connectivity index (χ4v) is 2.50. The molecule has 6 heteroatoms. The summed E-state index contributed by atoms with van der Waals surface area (Å²) in [5, 5.41) is 5.04. The third-order valence-corrected chi connectivity index (χ3v) is 4.04. The maximum absolute atomic E-state index is 11.6. The van der Waals surface area contributed by atoms with Gasteiger partial charge in [-0.1, -0.05) is 5.87 Å². The number of hydrogen-bond acceptors (Lipinski definition) is 4. The number of ether oxygens (including phenoxy) is 1. The maximum atomic E-state index is 11.6. The standard InChI is InChI=1S/C13H14N2O2S2.C2H4/c1-19(2)11-5-3-10(4-6-11)17-9-12(16)15-13-14-7-8-18-13;1-2/h3-8H,1,9H2,2H3,(H,14,15,16);1-2H2. The summed E-state index contributed by atoms with van der Waals surface area (Å²) in [5.74, 6) is 4.43. The SMILES string of the molecule is C=C.C=S(C)c1ccc(OCC(=O)Nc2nccs2)cc1. The van der Waals surface area contributed by atoms with E-state index in [2.05, 4.69) is 35.6 Å². The summed E-state index contributed by atoms with van der Waals surface area (Å²) >= 11 is 1.37. The lowest BCUT2D eigenvalue weighted by molar-refractivity contribution is -0.118. The number of thiazole rings is 1. The minimum absolute atomic E-state index is 0.0136. The van der Waals surface area contributed by atoms with E-state index in [-0.39, 0.29) is 23.0 Å². The van der Waals surface area contributed by atoms with Crippen LogP contribution in [0.4, 0.5) is 5.13 Å². The summed E-state index contributed by atoms with van der Waals surface area (Å²) in [5.41, 5.74) is 0. The van der Waals surface area contributed by atoms with Crippen LogP contribution in [-0.4, -0.2) is 29.6 Å². The highest BCUT2D eigenvalue weighted by atomic mass is 32.2. The maximum Gasteiger partial charge on any atom is 0.264 e. The first-order chi connectivity index (χ1) is 10.1. The highest BCUT2D eigenvalue weighted by molar-refractivity contribution is 8.13. The predicted molar refractivity (Wildman–Crippen MR) is 92.8 cm³/mol. The van der Waals surface area contributed by atoms with Crippen molar-refractivity contribution in [1.82, 2.24) is 4.98 Å². The van der Waals surface area contributed by atoms with E-state index in [0.717, 1.165) is 0 Å². The summed E-state index contributed by atoms with van der Waals surface area (Å²) in [6, 6.07) is 7.62. The molecular formula is C15H18N2O2S2. The van der Waals surface area contributed by atoms with Gasteiger partial charge in [0.2, 0.25) is 0 Å². The molecule has 1 aromatic carbocycles. The highest BCUT2D eigenvalue weighted by Gasteiger charge is 2.05. The topological polar surface area (TPSA) is 51.2 Å². The zero-order valence-electron chi connectivity index (χ0n) is 11.9. The molecule has 0 fully saturated rings. The molecular weight excluding hydrogens is 304 g/mol. The Labute approximate surface area is 131 Å². The molecule has 0 radical (unpaired) electrons. The Balaban J connectivity index is 0.00000106. The normalized spacial score (nSPS) is 10.9. The molecule has 1 heterocycles. The third kappa shape index (κ3) is 5.93. The fraction of sp³-hybridized carbons (Fsp3) is 0.133. The summed E-state index contributed by atoms with van der Waals surface area (Å²) in [6.07, 6.45) is 3.69. The molecule has 112 valence electrons. The van der Waals surface area contributed by atoms with Crippen molar-refractivity contribution in [2.45, 2.75) is 4.90 Å². The van der Waals surface area contributed by atoms with E-state index in [0.29, 0.717) is 10.9 Å². The van der Waals surface area contributed by atoms with Gasteiger partial charge in [-0.15, -0.1) is 24.5 Å². The Morgan fingerprint density at radius 2 is 2.05 bits per heavy atom. The molecule has 21 heavy (non-hydrogen) atoms. The molecule has 4 nitrogen and oxygen atoms in total. The minimum Gasteiger partial charge on any atom is -0.484 e. The number of carbonyl (C=O) groups excluding carboxylic acids is 1. The van der Waals surface area contributed by atoms with Crippen LogP contribution in [0.15, 0.2) is 53.9 Å². The first-order valence-corrected chi connectivity index (χ1v) is 8.71. The van der Waals surface area contributed by atoms with Gasteiger partial charge in [-0.25, -0.2) is 4.98 Å². The summed E-state index contributed by atoms with van der Waals surface area (Å²) in [6.45, 7) is 5.97. The summed E-state index contributed by atoms with van der Waals surface area (Å²) in [7, 11) is -0.0136. The quantitative estimate of drug-likeness (QED) is 0.675. The van der Waals surface area contributed by atoms with Crippen LogP contribution in [0.25, 0.3) is 0 Å². The third-order valence-electron chi connectivity index (χ3n) is 2.27. The number of carbonyl (C=O) groups is 1. The number of rotatable bonds is 5. The molecule has 2 aromatic rings. The largest absolute Gasteiger partial charge is 0.484 e. The van der Waals surface area contributed by atoms with Gasteiger partial charge < -0.3 is 4.74 Å². The average molecular weight is 322 g/mol. The van der Waals surface area contributed by atoms with Crippen LogP contribution >= 0.6 is 21.8 Å². The van der Waals surface area contributed by atoms with Crippen LogP contribution in [0.3, 0.4) is 0 Å². The molecule has 1 aromatic heterocycles. The van der Waals surface area contributed by atoms with E-state index >= 15 is 0 Å². The van der Waals surface area contributed by atoms with Crippen LogP contribution in [0.5, 0.6) is 5.75 Å². The summed E-state index contributed by atoms with van der Waals surface area (Å²) < 4.78 is 5.40. The molecule has 1 unspecified atom stereocenters. The Kier molecular flexibility index (Phi) is 7.42. The molecule has 1 atom stereocenters. The van der Waals surface area contributed by atoms with Gasteiger partial charge in [0.1, 0.15) is 5.75 Å². The predicted octanol–water partition coefficient (Wildman–Crippen LogP) is 3.65. The Morgan fingerprint density at radius 3 is 2.57 bits per heavy atom. The van der Waals surface area contributed by atoms with Crippen molar-refractivity contribution in [3.05, 3.63) is 49.0 Å². The first-order valence-electron chi connectivity index (χ1n) is 6.03. The number of aromatic nitrogens is 1. The Bertz CT molecular complexity index is 580.